The first kappa shape index (κ1) is 23.2. The van der Waals surface area contributed by atoms with Crippen LogP contribution in [0.1, 0.15) is 63.6 Å². The Morgan fingerprint density at radius 1 is 1.17 bits per heavy atom. The Balaban J connectivity index is 1.91. The molecule has 0 aliphatic carbocycles. The van der Waals surface area contributed by atoms with E-state index in [9.17, 15) is 13.2 Å². The molecule has 0 spiro atoms. The van der Waals surface area contributed by atoms with E-state index in [-0.39, 0.29) is 5.56 Å². The minimum Gasteiger partial charge on any atom is -0.496 e. The summed E-state index contributed by atoms with van der Waals surface area (Å²) >= 11 is 0. The lowest BCUT2D eigenvalue weighted by molar-refractivity contribution is -0.137. The average molecular weight is 425 g/mol. The number of hydrogen-bond donors (Lipinski definition) is 0. The molecule has 0 radical (unpaired) electrons. The smallest absolute Gasteiger partial charge is 0.487 e. The maximum absolute atomic E-state index is 13.8. The van der Waals surface area contributed by atoms with E-state index in [0.717, 1.165) is 32.4 Å². The molecular weight excluding hydrogens is 394 g/mol. The molecule has 2 fully saturated rings. The molecule has 1 aromatic rings. The highest BCUT2D eigenvalue weighted by Crippen LogP contribution is 2.41. The Morgan fingerprint density at radius 2 is 1.83 bits per heavy atom. The Morgan fingerprint density at radius 3 is 2.37 bits per heavy atom. The van der Waals surface area contributed by atoms with Crippen LogP contribution in [0, 0.1) is 0 Å². The second-order valence-corrected chi connectivity index (χ2v) is 8.79. The van der Waals surface area contributed by atoms with Crippen LogP contribution in [0.3, 0.4) is 0 Å². The molecular formula is C22H31BF3NO3. The summed E-state index contributed by atoms with van der Waals surface area (Å²) in [5.41, 5.74) is -1.13. The van der Waals surface area contributed by atoms with Crippen molar-refractivity contribution in [2.75, 3.05) is 20.2 Å². The number of hydrogen-bond acceptors (Lipinski definition) is 4. The molecule has 2 heterocycles. The Hall–Kier alpha value is -1.51. The first-order chi connectivity index (χ1) is 14.0. The highest BCUT2D eigenvalue weighted by atomic mass is 19.4. The number of alkyl halides is 3. The molecule has 166 valence electrons. The van der Waals surface area contributed by atoms with E-state index in [1.54, 1.807) is 5.98 Å². The van der Waals surface area contributed by atoms with E-state index in [4.69, 9.17) is 14.0 Å². The zero-order valence-corrected chi connectivity index (χ0v) is 18.4. The molecule has 2 aliphatic rings. The van der Waals surface area contributed by atoms with Crippen LogP contribution < -0.4 is 4.74 Å². The third-order valence-corrected chi connectivity index (χ3v) is 6.52. The second kappa shape index (κ2) is 8.56. The maximum Gasteiger partial charge on any atom is 0.487 e. The van der Waals surface area contributed by atoms with E-state index in [0.29, 0.717) is 17.9 Å². The van der Waals surface area contributed by atoms with Crippen molar-refractivity contribution in [1.82, 2.24) is 4.90 Å². The molecule has 2 saturated heterocycles. The second-order valence-electron chi connectivity index (χ2n) is 8.79. The summed E-state index contributed by atoms with van der Waals surface area (Å²) in [6, 6.07) is 2.68. The number of rotatable bonds is 6. The third kappa shape index (κ3) is 4.71. The first-order valence-corrected chi connectivity index (χ1v) is 10.5. The third-order valence-electron chi connectivity index (χ3n) is 6.52. The van der Waals surface area contributed by atoms with Crippen molar-refractivity contribution >= 4 is 13.2 Å². The van der Waals surface area contributed by atoms with Gasteiger partial charge in [-0.25, -0.2) is 0 Å². The van der Waals surface area contributed by atoms with E-state index in [1.807, 2.05) is 27.7 Å². The van der Waals surface area contributed by atoms with Gasteiger partial charge < -0.3 is 14.0 Å². The Bertz CT molecular complexity index is 791. The standard InChI is InChI=1S/C22H31BF3NO3/c1-6-21(4)20(2,3)29-23(30-21)10-9-16-14-19(28-5)17(13-18(16)22(24,25)26)15-27-11-7-8-12-27/h9-10,13-14H,6-8,11-12,15H2,1-5H3/b10-9+. The topological polar surface area (TPSA) is 30.9 Å². The Kier molecular flexibility index (Phi) is 6.61. The molecule has 30 heavy (non-hydrogen) atoms. The number of benzene rings is 1. The number of methoxy groups -OCH3 is 1. The first-order valence-electron chi connectivity index (χ1n) is 10.5. The van der Waals surface area contributed by atoms with Crippen molar-refractivity contribution in [1.29, 1.82) is 0 Å². The van der Waals surface area contributed by atoms with Crippen molar-refractivity contribution in [2.24, 2.45) is 0 Å². The van der Waals surface area contributed by atoms with Crippen LogP contribution in [0.5, 0.6) is 5.75 Å². The monoisotopic (exact) mass is 425 g/mol. The van der Waals surface area contributed by atoms with Crippen LogP contribution in [0.25, 0.3) is 6.08 Å². The van der Waals surface area contributed by atoms with Crippen LogP contribution in [-0.4, -0.2) is 43.4 Å². The van der Waals surface area contributed by atoms with Gasteiger partial charge in [0.25, 0.3) is 0 Å². The van der Waals surface area contributed by atoms with Crippen LogP contribution in [0.4, 0.5) is 13.2 Å². The number of likely N-dealkylation sites (tertiary alicyclic amines) is 1. The van der Waals surface area contributed by atoms with Crippen LogP contribution in [0.15, 0.2) is 18.1 Å². The van der Waals surface area contributed by atoms with Gasteiger partial charge in [0.2, 0.25) is 0 Å². The summed E-state index contributed by atoms with van der Waals surface area (Å²) in [4.78, 5) is 2.15. The lowest BCUT2D eigenvalue weighted by atomic mass is 9.86. The molecule has 2 aliphatic heterocycles. The van der Waals surface area contributed by atoms with Gasteiger partial charge in [-0.05, 0) is 70.8 Å². The fraction of sp³-hybridized carbons (Fsp3) is 0.636. The molecule has 1 atom stereocenters. The molecule has 3 rings (SSSR count). The maximum atomic E-state index is 13.8. The van der Waals surface area contributed by atoms with Gasteiger partial charge in [0.05, 0.1) is 23.9 Å². The lowest BCUT2D eigenvalue weighted by Crippen LogP contribution is -2.44. The minimum atomic E-state index is -4.47. The molecule has 1 aromatic carbocycles. The fourth-order valence-corrected chi connectivity index (χ4v) is 4.13. The van der Waals surface area contributed by atoms with Crippen LogP contribution in [-0.2, 0) is 22.0 Å². The van der Waals surface area contributed by atoms with Crippen molar-refractivity contribution in [3.8, 4) is 5.75 Å². The number of ether oxygens (including phenoxy) is 1. The molecule has 0 aromatic heterocycles. The lowest BCUT2D eigenvalue weighted by Gasteiger charge is -2.35. The van der Waals surface area contributed by atoms with Crippen molar-refractivity contribution in [3.63, 3.8) is 0 Å². The summed E-state index contributed by atoms with van der Waals surface area (Å²) in [6.45, 7) is 10.1. The van der Waals surface area contributed by atoms with Gasteiger partial charge in [0.15, 0.2) is 0 Å². The summed E-state index contributed by atoms with van der Waals surface area (Å²) in [5.74, 6) is 2.01. The molecule has 0 amide bonds. The van der Waals surface area contributed by atoms with Crippen LogP contribution in [0.2, 0.25) is 0 Å². The van der Waals surface area contributed by atoms with Gasteiger partial charge >= 0.3 is 13.3 Å². The zero-order valence-electron chi connectivity index (χ0n) is 18.4. The van der Waals surface area contributed by atoms with Crippen LogP contribution >= 0.6 is 0 Å². The summed E-state index contributed by atoms with van der Waals surface area (Å²) < 4.78 is 58.9. The highest BCUT2D eigenvalue weighted by Gasteiger charge is 2.52. The summed E-state index contributed by atoms with van der Waals surface area (Å²) in [7, 11) is 0.781. The average Bonchev–Trinajstić information content (AvgIpc) is 3.25. The largest absolute Gasteiger partial charge is 0.496 e. The molecule has 0 N–H and O–H groups in total. The molecule has 0 bridgehead atoms. The van der Waals surface area contributed by atoms with E-state index < -0.39 is 30.1 Å². The van der Waals surface area contributed by atoms with Gasteiger partial charge in [-0.2, -0.15) is 13.2 Å². The van der Waals surface area contributed by atoms with Crippen molar-refractivity contribution < 1.29 is 27.2 Å². The predicted molar refractivity (Wildman–Crippen MR) is 112 cm³/mol. The van der Waals surface area contributed by atoms with Gasteiger partial charge in [0, 0.05) is 12.1 Å². The quantitative estimate of drug-likeness (QED) is 0.576. The highest BCUT2D eigenvalue weighted by molar-refractivity contribution is 6.52. The van der Waals surface area contributed by atoms with Gasteiger partial charge in [0.1, 0.15) is 5.75 Å². The minimum absolute atomic E-state index is 0.0413. The van der Waals surface area contributed by atoms with Gasteiger partial charge in [-0.15, -0.1) is 0 Å². The van der Waals surface area contributed by atoms with Gasteiger partial charge in [-0.1, -0.05) is 19.0 Å². The molecule has 1 unspecified atom stereocenters. The molecule has 0 saturated carbocycles. The van der Waals surface area contributed by atoms with E-state index in [2.05, 4.69) is 4.90 Å². The summed E-state index contributed by atoms with van der Waals surface area (Å²) in [6.07, 6.45) is -0.169. The summed E-state index contributed by atoms with van der Waals surface area (Å²) in [5, 5.41) is 0. The normalized spacial score (nSPS) is 24.9. The number of halogens is 3. The van der Waals surface area contributed by atoms with E-state index in [1.165, 1.54) is 25.3 Å². The molecule has 4 nitrogen and oxygen atoms in total. The number of nitrogens with zero attached hydrogens (tertiary/aromatic N) is 1. The Labute approximate surface area is 177 Å². The van der Waals surface area contributed by atoms with Crippen molar-refractivity contribution in [2.45, 2.75) is 70.9 Å². The van der Waals surface area contributed by atoms with Crippen molar-refractivity contribution in [3.05, 3.63) is 34.8 Å². The SMILES string of the molecule is CCC1(C)OB(/C=C/c2cc(OC)c(CN3CCCC3)cc2C(F)(F)F)OC1(C)C. The van der Waals surface area contributed by atoms with E-state index >= 15 is 0 Å². The zero-order chi connectivity index (χ0) is 22.2. The predicted octanol–water partition coefficient (Wildman–Crippen LogP) is 5.34. The fourth-order valence-electron chi connectivity index (χ4n) is 4.13. The molecule has 8 heteroatoms. The van der Waals surface area contributed by atoms with Gasteiger partial charge in [-0.3, -0.25) is 4.90 Å².